The van der Waals surface area contributed by atoms with Gasteiger partial charge in [-0.1, -0.05) is 6.07 Å². The summed E-state index contributed by atoms with van der Waals surface area (Å²) in [7, 11) is 0. The number of nitrogens with zero attached hydrogens (tertiary/aromatic N) is 1. The number of aryl methyl sites for hydroxylation is 1. The van der Waals surface area contributed by atoms with Crippen LogP contribution in [-0.2, 0) is 6.54 Å². The molecule has 1 nitrogen and oxygen atoms in total. The third kappa shape index (κ3) is 5.23. The first-order valence-electron chi connectivity index (χ1n) is 9.24. The van der Waals surface area contributed by atoms with Crippen molar-refractivity contribution >= 4 is 0 Å². The van der Waals surface area contributed by atoms with Gasteiger partial charge >= 0.3 is 59.5 Å². The molecule has 1 aromatic rings. The second-order valence-electron chi connectivity index (χ2n) is 7.66. The SMILES string of the molecule is FC(F)(F)C(F)(F)C(F)(F)C(F)(F)C(F)(F)C(F)(F)C(F)(F)C(F)(F)C(F)(F)C(F)(F)CC[n+]1ccccc1.[I-]. The molecule has 0 aliphatic heterocycles. The van der Waals surface area contributed by atoms with Gasteiger partial charge in [0.15, 0.2) is 18.9 Å². The van der Waals surface area contributed by atoms with E-state index < -0.39 is 72.4 Å². The average molecular weight is 753 g/mol. The maximum absolute atomic E-state index is 13.8. The fourth-order valence-electron chi connectivity index (χ4n) is 2.60. The van der Waals surface area contributed by atoms with Gasteiger partial charge in [0.25, 0.3) is 0 Å². The van der Waals surface area contributed by atoms with Crippen molar-refractivity contribution in [2.24, 2.45) is 0 Å². The highest BCUT2D eigenvalue weighted by Gasteiger charge is 2.97. The Morgan fingerprint density at radius 2 is 0.650 bits per heavy atom. The topological polar surface area (TPSA) is 3.88 Å². The second-order valence-corrected chi connectivity index (χ2v) is 7.66. The predicted molar refractivity (Wildman–Crippen MR) is 81.8 cm³/mol. The van der Waals surface area contributed by atoms with E-state index in [0.29, 0.717) is 4.57 Å². The van der Waals surface area contributed by atoms with Crippen molar-refractivity contribution in [1.82, 2.24) is 0 Å². The summed E-state index contributed by atoms with van der Waals surface area (Å²) in [5, 5.41) is 0. The monoisotopic (exact) mass is 753 g/mol. The largest absolute Gasteiger partial charge is 1.00 e. The molecule has 0 fully saturated rings. The van der Waals surface area contributed by atoms with Crippen molar-refractivity contribution in [3.8, 4) is 0 Å². The van der Waals surface area contributed by atoms with Crippen molar-refractivity contribution in [3.05, 3.63) is 30.6 Å². The summed E-state index contributed by atoms with van der Waals surface area (Å²) in [6, 6.07) is 3.17. The summed E-state index contributed by atoms with van der Waals surface area (Å²) in [5.41, 5.74) is 0. The molecule has 0 bridgehead atoms. The van der Waals surface area contributed by atoms with E-state index in [4.69, 9.17) is 0 Å². The zero-order valence-corrected chi connectivity index (χ0v) is 20.2. The molecule has 1 aromatic heterocycles. The molecule has 236 valence electrons. The first kappa shape index (κ1) is 38.4. The molecule has 0 radical (unpaired) electrons. The number of rotatable bonds is 11. The average Bonchev–Trinajstić information content (AvgIpc) is 2.76. The van der Waals surface area contributed by atoms with Gasteiger partial charge in [-0.25, -0.2) is 4.57 Å². The van der Waals surface area contributed by atoms with Gasteiger partial charge in [-0.15, -0.1) is 0 Å². The Morgan fingerprint density at radius 3 is 0.950 bits per heavy atom. The predicted octanol–water partition coefficient (Wildman–Crippen LogP) is 4.65. The van der Waals surface area contributed by atoms with Crippen molar-refractivity contribution in [2.75, 3.05) is 0 Å². The van der Waals surface area contributed by atoms with Crippen LogP contribution in [0.1, 0.15) is 6.42 Å². The molecule has 0 spiro atoms. The van der Waals surface area contributed by atoms with Crippen LogP contribution in [-0.4, -0.2) is 59.5 Å². The molecule has 0 saturated heterocycles. The van der Waals surface area contributed by atoms with E-state index in [1.54, 1.807) is 0 Å². The summed E-state index contributed by atoms with van der Waals surface area (Å²) in [5.74, 6) is -76.6. The van der Waals surface area contributed by atoms with Crippen LogP contribution in [0.2, 0.25) is 0 Å². The maximum atomic E-state index is 13.8. The molecule has 1 rings (SSSR count). The van der Waals surface area contributed by atoms with Crippen LogP contribution in [0.15, 0.2) is 30.6 Å². The Balaban J connectivity index is 0.0000152. The van der Waals surface area contributed by atoms with E-state index in [0.717, 1.165) is 24.5 Å². The number of pyridine rings is 1. The Hall–Kier alpha value is -1.59. The highest BCUT2D eigenvalue weighted by molar-refractivity contribution is 5.17. The molecular weight excluding hydrogens is 744 g/mol. The molecule has 0 aromatic carbocycles. The highest BCUT2D eigenvalue weighted by Crippen LogP contribution is 2.66. The smallest absolute Gasteiger partial charge is 0.460 e. The minimum Gasteiger partial charge on any atom is -1.00 e. The van der Waals surface area contributed by atoms with Gasteiger partial charge in [0.2, 0.25) is 0 Å². The fourth-order valence-corrected chi connectivity index (χ4v) is 2.60. The number of hydrogen-bond donors (Lipinski definition) is 0. The molecule has 0 amide bonds. The maximum Gasteiger partial charge on any atom is 0.460 e. The summed E-state index contributed by atoms with van der Waals surface area (Å²) in [6.45, 7) is -1.51. The van der Waals surface area contributed by atoms with Crippen LogP contribution in [0.25, 0.3) is 0 Å². The standard InChI is InChI=1S/C17H9F21N.HI/c18-8(19,4-7-39-5-2-1-3-6-39)9(20,21)10(22,23)11(24,25)12(26,27)13(28,29)14(30,31)15(32,33)16(34,35)17(36,37)38;/h1-3,5-6H,4,7H2;1H/q+1;/p-1. The van der Waals surface area contributed by atoms with Crippen LogP contribution < -0.4 is 28.5 Å². The Kier molecular flexibility index (Phi) is 10.2. The van der Waals surface area contributed by atoms with E-state index in [9.17, 15) is 92.2 Å². The van der Waals surface area contributed by atoms with Crippen LogP contribution in [0, 0.1) is 0 Å². The Morgan fingerprint density at radius 1 is 0.375 bits per heavy atom. The van der Waals surface area contributed by atoms with E-state index in [-0.39, 0.29) is 24.0 Å². The zero-order chi connectivity index (χ0) is 31.5. The van der Waals surface area contributed by atoms with Gasteiger partial charge in [0.1, 0.15) is 0 Å². The van der Waals surface area contributed by atoms with Gasteiger partial charge in [-0.3, -0.25) is 0 Å². The molecule has 40 heavy (non-hydrogen) atoms. The quantitative estimate of drug-likeness (QED) is 0.176. The molecule has 0 aliphatic carbocycles. The minimum atomic E-state index is -9.16. The molecule has 0 N–H and O–H groups in total. The molecule has 0 atom stereocenters. The first-order valence-corrected chi connectivity index (χ1v) is 9.24. The summed E-state index contributed by atoms with van der Waals surface area (Å²) >= 11 is 0. The third-order valence-corrected chi connectivity index (χ3v) is 5.04. The molecule has 0 saturated carbocycles. The number of hydrogen-bond acceptors (Lipinski definition) is 0. The summed E-state index contributed by atoms with van der Waals surface area (Å²) in [4.78, 5) is 0. The lowest BCUT2D eigenvalue weighted by molar-refractivity contribution is -0.700. The van der Waals surface area contributed by atoms with Crippen molar-refractivity contribution in [3.63, 3.8) is 0 Å². The molecule has 0 aliphatic rings. The van der Waals surface area contributed by atoms with Crippen LogP contribution in [0.5, 0.6) is 0 Å². The van der Waals surface area contributed by atoms with Crippen LogP contribution in [0.3, 0.4) is 0 Å². The first-order chi connectivity index (χ1) is 16.8. The number of aromatic nitrogens is 1. The van der Waals surface area contributed by atoms with Gasteiger partial charge in [-0.2, -0.15) is 92.2 Å². The van der Waals surface area contributed by atoms with Crippen molar-refractivity contribution in [2.45, 2.75) is 72.4 Å². The van der Waals surface area contributed by atoms with Crippen molar-refractivity contribution < 1.29 is 121 Å². The summed E-state index contributed by atoms with van der Waals surface area (Å²) in [6.07, 6.45) is -9.12. The Bertz CT molecular complexity index is 1000. The van der Waals surface area contributed by atoms with Gasteiger partial charge in [-0.05, 0) is 0 Å². The lowest BCUT2D eigenvalue weighted by Crippen LogP contribution is -3.00. The fraction of sp³-hybridized carbons (Fsp3) is 0.706. The number of alkyl halides is 21. The number of halogens is 22. The summed E-state index contributed by atoms with van der Waals surface area (Å²) < 4.78 is 280. The van der Waals surface area contributed by atoms with Gasteiger partial charge < -0.3 is 24.0 Å². The molecule has 0 unspecified atom stereocenters. The van der Waals surface area contributed by atoms with E-state index >= 15 is 0 Å². The second kappa shape index (κ2) is 10.6. The normalized spacial score (nSPS) is 15.6. The van der Waals surface area contributed by atoms with Crippen LogP contribution in [0.4, 0.5) is 92.2 Å². The third-order valence-electron chi connectivity index (χ3n) is 5.04. The zero-order valence-electron chi connectivity index (χ0n) is 18.1. The van der Waals surface area contributed by atoms with E-state index in [1.165, 1.54) is 6.07 Å². The van der Waals surface area contributed by atoms with E-state index in [2.05, 4.69) is 0 Å². The molecule has 23 heteroatoms. The Labute approximate surface area is 224 Å². The van der Waals surface area contributed by atoms with Crippen LogP contribution >= 0.6 is 0 Å². The van der Waals surface area contributed by atoms with Gasteiger partial charge in [0.05, 0.1) is 6.42 Å². The van der Waals surface area contributed by atoms with Crippen molar-refractivity contribution in [1.29, 1.82) is 0 Å². The lowest BCUT2D eigenvalue weighted by atomic mass is 9.86. The highest BCUT2D eigenvalue weighted by atomic mass is 127. The molecular formula is C17H9F21IN. The van der Waals surface area contributed by atoms with E-state index in [1.807, 2.05) is 0 Å². The molecule has 1 heterocycles. The van der Waals surface area contributed by atoms with Gasteiger partial charge in [0, 0.05) is 12.1 Å². The lowest BCUT2D eigenvalue weighted by Gasteiger charge is -2.44. The minimum absolute atomic E-state index is 0.